The molecule has 0 aliphatic rings. The maximum Gasteiger partial charge on any atom is 0.244 e. The number of nitrogens with zero attached hydrogens (tertiary/aromatic N) is 1. The van der Waals surface area contributed by atoms with Crippen molar-refractivity contribution in [3.8, 4) is 0 Å². The fourth-order valence-electron chi connectivity index (χ4n) is 1.37. The molecule has 0 aliphatic heterocycles. The van der Waals surface area contributed by atoms with Gasteiger partial charge in [0.05, 0.1) is 5.69 Å². The van der Waals surface area contributed by atoms with Gasteiger partial charge in [-0.05, 0) is 30.9 Å². The van der Waals surface area contributed by atoms with Gasteiger partial charge in [-0.1, -0.05) is 0 Å². The standard InChI is InChI=1S/C10H18N4O2S2/c1-17-7-3-2-5-13-18(15,16)10-8-12-6-4-9(10)14-11/h4,6,8,13H,2-3,5,7,11H2,1H3,(H,12,14). The first-order valence-corrected chi connectivity index (χ1v) is 8.38. The molecule has 0 bridgehead atoms. The molecule has 0 amide bonds. The van der Waals surface area contributed by atoms with Crippen LogP contribution in [-0.2, 0) is 10.0 Å². The number of nitrogens with one attached hydrogen (secondary N) is 2. The number of nitrogen functional groups attached to an aromatic ring is 1. The molecule has 0 fully saturated rings. The van der Waals surface area contributed by atoms with Gasteiger partial charge in [0, 0.05) is 18.9 Å². The summed E-state index contributed by atoms with van der Waals surface area (Å²) in [6.07, 6.45) is 6.58. The molecule has 1 aromatic heterocycles. The summed E-state index contributed by atoms with van der Waals surface area (Å²) in [6.45, 7) is 0.418. The fraction of sp³-hybridized carbons (Fsp3) is 0.500. The zero-order chi connectivity index (χ0) is 13.4. The Balaban J connectivity index is 2.63. The van der Waals surface area contributed by atoms with E-state index in [1.807, 2.05) is 6.26 Å². The zero-order valence-electron chi connectivity index (χ0n) is 10.2. The summed E-state index contributed by atoms with van der Waals surface area (Å²) in [5, 5.41) is 0. The molecule has 102 valence electrons. The molecule has 0 atom stereocenters. The highest BCUT2D eigenvalue weighted by Crippen LogP contribution is 2.17. The van der Waals surface area contributed by atoms with E-state index in [1.165, 1.54) is 18.5 Å². The van der Waals surface area contributed by atoms with Gasteiger partial charge in [0.15, 0.2) is 0 Å². The maximum atomic E-state index is 12.0. The van der Waals surface area contributed by atoms with Gasteiger partial charge in [-0.25, -0.2) is 13.1 Å². The summed E-state index contributed by atoms with van der Waals surface area (Å²) in [7, 11) is -3.55. The SMILES string of the molecule is CSCCCCNS(=O)(=O)c1cnccc1NN. The lowest BCUT2D eigenvalue weighted by molar-refractivity contribution is 0.578. The van der Waals surface area contributed by atoms with Crippen LogP contribution in [-0.4, -0.2) is 32.0 Å². The van der Waals surface area contributed by atoms with E-state index in [2.05, 4.69) is 15.1 Å². The second kappa shape index (κ2) is 7.57. The normalized spacial score (nSPS) is 11.4. The minimum absolute atomic E-state index is 0.0670. The van der Waals surface area contributed by atoms with Crippen LogP contribution < -0.4 is 16.0 Å². The topological polar surface area (TPSA) is 97.1 Å². The van der Waals surface area contributed by atoms with Crippen LogP contribution in [0.15, 0.2) is 23.4 Å². The first-order valence-electron chi connectivity index (χ1n) is 5.51. The van der Waals surface area contributed by atoms with E-state index in [-0.39, 0.29) is 4.90 Å². The van der Waals surface area contributed by atoms with Crippen LogP contribution >= 0.6 is 11.8 Å². The third-order valence-corrected chi connectivity index (χ3v) is 4.48. The number of nitrogens with two attached hydrogens (primary N) is 1. The lowest BCUT2D eigenvalue weighted by Crippen LogP contribution is -2.26. The molecule has 1 aromatic rings. The molecule has 4 N–H and O–H groups in total. The Labute approximate surface area is 112 Å². The van der Waals surface area contributed by atoms with Crippen LogP contribution in [0, 0.1) is 0 Å². The second-order valence-corrected chi connectivity index (χ2v) is 6.33. The highest BCUT2D eigenvalue weighted by Gasteiger charge is 2.17. The number of rotatable bonds is 8. The minimum Gasteiger partial charge on any atom is -0.323 e. The van der Waals surface area contributed by atoms with Gasteiger partial charge in [0.2, 0.25) is 10.0 Å². The Morgan fingerprint density at radius 1 is 1.44 bits per heavy atom. The van der Waals surface area contributed by atoms with E-state index in [9.17, 15) is 8.42 Å². The largest absolute Gasteiger partial charge is 0.323 e. The van der Waals surface area contributed by atoms with Gasteiger partial charge in [0.1, 0.15) is 4.90 Å². The number of pyridine rings is 1. The van der Waals surface area contributed by atoms with Crippen LogP contribution in [0.4, 0.5) is 5.69 Å². The van der Waals surface area contributed by atoms with Gasteiger partial charge in [-0.3, -0.25) is 10.8 Å². The molecule has 1 heterocycles. The molecule has 1 rings (SSSR count). The number of hydrogen-bond donors (Lipinski definition) is 3. The molecule has 0 saturated carbocycles. The lowest BCUT2D eigenvalue weighted by Gasteiger charge is -2.10. The highest BCUT2D eigenvalue weighted by atomic mass is 32.2. The van der Waals surface area contributed by atoms with Crippen molar-refractivity contribution in [3.05, 3.63) is 18.5 Å². The molecule has 8 heteroatoms. The molecule has 0 aliphatic carbocycles. The van der Waals surface area contributed by atoms with E-state index in [4.69, 9.17) is 5.84 Å². The van der Waals surface area contributed by atoms with Crippen LogP contribution in [0.5, 0.6) is 0 Å². The van der Waals surface area contributed by atoms with Crippen LogP contribution in [0.3, 0.4) is 0 Å². The number of thioether (sulfide) groups is 1. The van der Waals surface area contributed by atoms with E-state index in [0.717, 1.165) is 18.6 Å². The van der Waals surface area contributed by atoms with Crippen LogP contribution in [0.2, 0.25) is 0 Å². The van der Waals surface area contributed by atoms with Crippen molar-refractivity contribution >= 4 is 27.5 Å². The van der Waals surface area contributed by atoms with Gasteiger partial charge >= 0.3 is 0 Å². The van der Waals surface area contributed by atoms with E-state index < -0.39 is 10.0 Å². The Hall–Kier alpha value is -0.830. The first kappa shape index (κ1) is 15.2. The predicted octanol–water partition coefficient (Wildman–Crippen LogP) is 0.789. The van der Waals surface area contributed by atoms with Gasteiger partial charge in [-0.15, -0.1) is 0 Å². The van der Waals surface area contributed by atoms with E-state index in [1.54, 1.807) is 11.8 Å². The summed E-state index contributed by atoms with van der Waals surface area (Å²) in [4.78, 5) is 3.87. The molecule has 18 heavy (non-hydrogen) atoms. The zero-order valence-corrected chi connectivity index (χ0v) is 11.9. The summed E-state index contributed by atoms with van der Waals surface area (Å²) in [6, 6.07) is 1.52. The molecule has 6 nitrogen and oxygen atoms in total. The third kappa shape index (κ3) is 4.45. The number of hydrazine groups is 1. The Bertz CT molecular complexity index is 465. The molecular formula is C10H18N4O2S2. The molecule has 0 radical (unpaired) electrons. The number of sulfonamides is 1. The molecule has 0 saturated heterocycles. The summed E-state index contributed by atoms with van der Waals surface area (Å²) in [5.41, 5.74) is 2.68. The second-order valence-electron chi connectivity index (χ2n) is 3.61. The quantitative estimate of drug-likeness (QED) is 0.372. The van der Waals surface area contributed by atoms with Crippen molar-refractivity contribution in [1.82, 2.24) is 9.71 Å². The molecule has 0 spiro atoms. The van der Waals surface area contributed by atoms with Crippen molar-refractivity contribution in [2.75, 3.05) is 24.0 Å². The summed E-state index contributed by atoms with van der Waals surface area (Å²) < 4.78 is 26.5. The third-order valence-electron chi connectivity index (χ3n) is 2.30. The van der Waals surface area contributed by atoms with Gasteiger partial charge < -0.3 is 5.43 Å². The predicted molar refractivity (Wildman–Crippen MR) is 74.9 cm³/mol. The van der Waals surface area contributed by atoms with Crippen molar-refractivity contribution in [2.24, 2.45) is 5.84 Å². The average Bonchev–Trinajstić information content (AvgIpc) is 2.38. The average molecular weight is 290 g/mol. The Kier molecular flexibility index (Phi) is 6.41. The number of aromatic nitrogens is 1. The van der Waals surface area contributed by atoms with Crippen LogP contribution in [0.1, 0.15) is 12.8 Å². The van der Waals surface area contributed by atoms with Crippen LogP contribution in [0.25, 0.3) is 0 Å². The van der Waals surface area contributed by atoms with Gasteiger partial charge in [0.25, 0.3) is 0 Å². The molecular weight excluding hydrogens is 272 g/mol. The Morgan fingerprint density at radius 2 is 2.22 bits per heavy atom. The highest BCUT2D eigenvalue weighted by molar-refractivity contribution is 7.98. The van der Waals surface area contributed by atoms with Crippen molar-refractivity contribution < 1.29 is 8.42 Å². The van der Waals surface area contributed by atoms with Crippen molar-refractivity contribution in [3.63, 3.8) is 0 Å². The van der Waals surface area contributed by atoms with Gasteiger partial charge in [-0.2, -0.15) is 11.8 Å². The smallest absolute Gasteiger partial charge is 0.244 e. The van der Waals surface area contributed by atoms with E-state index >= 15 is 0 Å². The summed E-state index contributed by atoms with van der Waals surface area (Å²) >= 11 is 1.75. The molecule has 0 aromatic carbocycles. The van der Waals surface area contributed by atoms with Crippen molar-refractivity contribution in [1.29, 1.82) is 0 Å². The molecule has 0 unspecified atom stereocenters. The fourth-order valence-corrected chi connectivity index (χ4v) is 3.05. The number of unbranched alkanes of at least 4 members (excludes halogenated alkanes) is 1. The lowest BCUT2D eigenvalue weighted by atomic mass is 10.3. The number of anilines is 1. The van der Waals surface area contributed by atoms with E-state index in [0.29, 0.717) is 12.2 Å². The maximum absolute atomic E-state index is 12.0. The minimum atomic E-state index is -3.55. The monoisotopic (exact) mass is 290 g/mol. The number of hydrogen-bond acceptors (Lipinski definition) is 6. The Morgan fingerprint density at radius 3 is 2.89 bits per heavy atom. The first-order chi connectivity index (χ1) is 8.61. The van der Waals surface area contributed by atoms with Crippen molar-refractivity contribution in [2.45, 2.75) is 17.7 Å². The summed E-state index contributed by atoms with van der Waals surface area (Å²) in [5.74, 6) is 6.30.